The number of esters is 1. The molecular weight excluding hydrogens is 216 g/mol. The number of carbonyl (C=O) groups is 1. The SMILES string of the molecule is CCN(CC(=O)OC(C)(C)C)C1CCCNC1. The second kappa shape index (κ2) is 6.36. The van der Waals surface area contributed by atoms with Crippen molar-refractivity contribution >= 4 is 5.97 Å². The van der Waals surface area contributed by atoms with E-state index in [1.807, 2.05) is 20.8 Å². The summed E-state index contributed by atoms with van der Waals surface area (Å²) in [6.45, 7) is 11.2. The predicted molar refractivity (Wildman–Crippen MR) is 69.0 cm³/mol. The van der Waals surface area contributed by atoms with Crippen LogP contribution in [0.4, 0.5) is 0 Å². The van der Waals surface area contributed by atoms with Gasteiger partial charge in [-0.1, -0.05) is 6.92 Å². The van der Waals surface area contributed by atoms with Gasteiger partial charge in [0.2, 0.25) is 0 Å². The van der Waals surface area contributed by atoms with Gasteiger partial charge in [0.1, 0.15) is 5.60 Å². The third-order valence-corrected chi connectivity index (χ3v) is 2.95. The fourth-order valence-corrected chi connectivity index (χ4v) is 2.18. The van der Waals surface area contributed by atoms with Crippen molar-refractivity contribution in [1.82, 2.24) is 10.2 Å². The zero-order chi connectivity index (χ0) is 12.9. The quantitative estimate of drug-likeness (QED) is 0.757. The van der Waals surface area contributed by atoms with E-state index in [0.29, 0.717) is 12.6 Å². The van der Waals surface area contributed by atoms with Crippen molar-refractivity contribution in [2.75, 3.05) is 26.2 Å². The molecule has 0 amide bonds. The molecule has 1 N–H and O–H groups in total. The van der Waals surface area contributed by atoms with E-state index in [1.165, 1.54) is 12.8 Å². The van der Waals surface area contributed by atoms with Crippen molar-refractivity contribution in [2.24, 2.45) is 0 Å². The first-order chi connectivity index (χ1) is 7.92. The summed E-state index contributed by atoms with van der Waals surface area (Å²) >= 11 is 0. The number of ether oxygens (including phenoxy) is 1. The fraction of sp³-hybridized carbons (Fsp3) is 0.923. The van der Waals surface area contributed by atoms with Gasteiger partial charge in [-0.2, -0.15) is 0 Å². The van der Waals surface area contributed by atoms with E-state index in [4.69, 9.17) is 4.74 Å². The normalized spacial score (nSPS) is 21.6. The average molecular weight is 242 g/mol. The smallest absolute Gasteiger partial charge is 0.320 e. The van der Waals surface area contributed by atoms with Crippen LogP contribution in [0.1, 0.15) is 40.5 Å². The Kier molecular flexibility index (Phi) is 5.40. The summed E-state index contributed by atoms with van der Waals surface area (Å²) in [5.74, 6) is -0.120. The maximum atomic E-state index is 11.8. The van der Waals surface area contributed by atoms with Crippen molar-refractivity contribution in [1.29, 1.82) is 0 Å². The molecule has 17 heavy (non-hydrogen) atoms. The van der Waals surface area contributed by atoms with Gasteiger partial charge in [0, 0.05) is 12.6 Å². The van der Waals surface area contributed by atoms with Crippen molar-refractivity contribution < 1.29 is 9.53 Å². The molecule has 4 nitrogen and oxygen atoms in total. The summed E-state index contributed by atoms with van der Waals surface area (Å²) in [6, 6.07) is 0.473. The highest BCUT2D eigenvalue weighted by atomic mass is 16.6. The highest BCUT2D eigenvalue weighted by Gasteiger charge is 2.24. The first-order valence-electron chi connectivity index (χ1n) is 6.59. The van der Waals surface area contributed by atoms with Crippen LogP contribution in [0.2, 0.25) is 0 Å². The Morgan fingerprint density at radius 3 is 2.65 bits per heavy atom. The Labute approximate surface area is 105 Å². The third kappa shape index (κ3) is 5.50. The van der Waals surface area contributed by atoms with E-state index < -0.39 is 0 Å². The molecule has 1 unspecified atom stereocenters. The molecule has 1 fully saturated rings. The van der Waals surface area contributed by atoms with Gasteiger partial charge < -0.3 is 10.1 Å². The molecule has 0 aromatic carbocycles. The monoisotopic (exact) mass is 242 g/mol. The highest BCUT2D eigenvalue weighted by molar-refractivity contribution is 5.72. The minimum Gasteiger partial charge on any atom is -0.459 e. The molecule has 1 atom stereocenters. The lowest BCUT2D eigenvalue weighted by Gasteiger charge is -2.33. The number of hydrogen-bond donors (Lipinski definition) is 1. The van der Waals surface area contributed by atoms with Crippen LogP contribution in [-0.4, -0.2) is 48.7 Å². The molecule has 0 saturated carbocycles. The van der Waals surface area contributed by atoms with E-state index >= 15 is 0 Å². The zero-order valence-electron chi connectivity index (χ0n) is 11.6. The van der Waals surface area contributed by atoms with Gasteiger partial charge in [-0.15, -0.1) is 0 Å². The lowest BCUT2D eigenvalue weighted by molar-refractivity contribution is -0.156. The molecular formula is C13H26N2O2. The molecule has 0 bridgehead atoms. The summed E-state index contributed by atoms with van der Waals surface area (Å²) in [5.41, 5.74) is -0.388. The minimum absolute atomic E-state index is 0.120. The van der Waals surface area contributed by atoms with E-state index in [-0.39, 0.29) is 11.6 Å². The standard InChI is InChI=1S/C13H26N2O2/c1-5-15(11-7-6-8-14-9-11)10-12(16)17-13(2,3)4/h11,14H,5-10H2,1-4H3. The van der Waals surface area contributed by atoms with Crippen LogP contribution in [0, 0.1) is 0 Å². The number of nitrogens with zero attached hydrogens (tertiary/aromatic N) is 1. The first-order valence-corrected chi connectivity index (χ1v) is 6.59. The summed E-state index contributed by atoms with van der Waals surface area (Å²) in [5, 5.41) is 3.38. The summed E-state index contributed by atoms with van der Waals surface area (Å²) in [6.07, 6.45) is 2.36. The number of nitrogens with one attached hydrogen (secondary N) is 1. The Balaban J connectivity index is 2.42. The fourth-order valence-electron chi connectivity index (χ4n) is 2.18. The van der Waals surface area contributed by atoms with Gasteiger partial charge in [-0.05, 0) is 46.7 Å². The van der Waals surface area contributed by atoms with E-state index in [2.05, 4.69) is 17.1 Å². The zero-order valence-corrected chi connectivity index (χ0v) is 11.6. The average Bonchev–Trinajstić information content (AvgIpc) is 2.24. The number of rotatable bonds is 4. The molecule has 0 aromatic heterocycles. The second-order valence-electron chi connectivity index (χ2n) is 5.65. The number of likely N-dealkylation sites (N-methyl/N-ethyl adjacent to an activating group) is 1. The molecule has 0 aliphatic carbocycles. The van der Waals surface area contributed by atoms with Crippen LogP contribution in [0.5, 0.6) is 0 Å². The molecule has 1 saturated heterocycles. The molecule has 0 radical (unpaired) electrons. The number of hydrogen-bond acceptors (Lipinski definition) is 4. The van der Waals surface area contributed by atoms with Crippen molar-refractivity contribution in [2.45, 2.75) is 52.2 Å². The first kappa shape index (κ1) is 14.5. The van der Waals surface area contributed by atoms with Crippen molar-refractivity contribution in [3.8, 4) is 0 Å². The van der Waals surface area contributed by atoms with Crippen molar-refractivity contribution in [3.63, 3.8) is 0 Å². The second-order valence-corrected chi connectivity index (χ2v) is 5.65. The van der Waals surface area contributed by atoms with Gasteiger partial charge in [-0.3, -0.25) is 9.69 Å². The van der Waals surface area contributed by atoms with Gasteiger partial charge in [-0.25, -0.2) is 0 Å². The number of piperidine rings is 1. The Morgan fingerprint density at radius 1 is 1.47 bits per heavy atom. The maximum absolute atomic E-state index is 11.8. The maximum Gasteiger partial charge on any atom is 0.320 e. The Bertz CT molecular complexity index is 242. The van der Waals surface area contributed by atoms with Gasteiger partial charge in [0.05, 0.1) is 6.54 Å². The van der Waals surface area contributed by atoms with Gasteiger partial charge >= 0.3 is 5.97 Å². The highest BCUT2D eigenvalue weighted by Crippen LogP contribution is 2.12. The summed E-state index contributed by atoms with van der Waals surface area (Å²) in [4.78, 5) is 14.0. The topological polar surface area (TPSA) is 41.6 Å². The third-order valence-electron chi connectivity index (χ3n) is 2.95. The Hall–Kier alpha value is -0.610. The minimum atomic E-state index is -0.388. The molecule has 1 heterocycles. The molecule has 4 heteroatoms. The van der Waals surface area contributed by atoms with E-state index in [9.17, 15) is 4.79 Å². The number of carbonyl (C=O) groups excluding carboxylic acids is 1. The van der Waals surface area contributed by atoms with E-state index in [0.717, 1.165) is 19.6 Å². The van der Waals surface area contributed by atoms with Crippen LogP contribution < -0.4 is 5.32 Å². The summed E-state index contributed by atoms with van der Waals surface area (Å²) in [7, 11) is 0. The van der Waals surface area contributed by atoms with Crippen molar-refractivity contribution in [3.05, 3.63) is 0 Å². The van der Waals surface area contributed by atoms with E-state index in [1.54, 1.807) is 0 Å². The van der Waals surface area contributed by atoms with Gasteiger partial charge in [0.15, 0.2) is 0 Å². The predicted octanol–water partition coefficient (Wildman–Crippen LogP) is 1.40. The molecule has 0 spiro atoms. The molecule has 1 aliphatic rings. The van der Waals surface area contributed by atoms with Crippen LogP contribution >= 0.6 is 0 Å². The largest absolute Gasteiger partial charge is 0.459 e. The molecule has 100 valence electrons. The lowest BCUT2D eigenvalue weighted by atomic mass is 10.1. The Morgan fingerprint density at radius 2 is 2.18 bits per heavy atom. The molecule has 1 rings (SSSR count). The summed E-state index contributed by atoms with van der Waals surface area (Å²) < 4.78 is 5.36. The van der Waals surface area contributed by atoms with Crippen LogP contribution in [0.3, 0.4) is 0 Å². The van der Waals surface area contributed by atoms with Crippen LogP contribution in [-0.2, 0) is 9.53 Å². The molecule has 0 aromatic rings. The van der Waals surface area contributed by atoms with Gasteiger partial charge in [0.25, 0.3) is 0 Å². The molecule has 1 aliphatic heterocycles. The van der Waals surface area contributed by atoms with Crippen LogP contribution in [0.25, 0.3) is 0 Å². The van der Waals surface area contributed by atoms with Crippen LogP contribution in [0.15, 0.2) is 0 Å². The lowest BCUT2D eigenvalue weighted by Crippen LogP contribution is -2.48.